The summed E-state index contributed by atoms with van der Waals surface area (Å²) in [4.78, 5) is 8.66. The zero-order valence-electron chi connectivity index (χ0n) is 9.45. The normalized spacial score (nSPS) is 19.5. The van der Waals surface area contributed by atoms with Gasteiger partial charge in [0.2, 0.25) is 5.95 Å². The molecule has 0 aromatic carbocycles. The van der Waals surface area contributed by atoms with Crippen LogP contribution in [0.2, 0.25) is 0 Å². The topological polar surface area (TPSA) is 49.8 Å². The van der Waals surface area contributed by atoms with Crippen LogP contribution in [0.5, 0.6) is 0 Å². The summed E-state index contributed by atoms with van der Waals surface area (Å²) in [7, 11) is 0. The Morgan fingerprint density at radius 1 is 1.06 bits per heavy atom. The van der Waals surface area contributed by atoms with Gasteiger partial charge in [0.15, 0.2) is 0 Å². The summed E-state index contributed by atoms with van der Waals surface area (Å²) < 4.78 is 0. The molecule has 0 spiro atoms. The molecule has 1 aromatic heterocycles. The molecule has 2 aliphatic rings. The summed E-state index contributed by atoms with van der Waals surface area (Å²) in [6, 6.07) is 1.94. The van der Waals surface area contributed by atoms with E-state index in [2.05, 4.69) is 20.6 Å². The minimum Gasteiger partial charge on any atom is -0.370 e. The van der Waals surface area contributed by atoms with Crippen molar-refractivity contribution in [2.75, 3.05) is 23.7 Å². The third-order valence-corrected chi connectivity index (χ3v) is 3.17. The van der Waals surface area contributed by atoms with Crippen LogP contribution in [0.1, 0.15) is 25.7 Å². The Kier molecular flexibility index (Phi) is 2.64. The van der Waals surface area contributed by atoms with E-state index in [1.165, 1.54) is 25.7 Å². The number of aromatic nitrogens is 2. The highest BCUT2D eigenvalue weighted by Crippen LogP contribution is 2.29. The monoisotopic (exact) mass is 218 g/mol. The third kappa shape index (κ3) is 2.84. The lowest BCUT2D eigenvalue weighted by molar-refractivity contribution is 0.865. The quantitative estimate of drug-likeness (QED) is 0.768. The highest BCUT2D eigenvalue weighted by molar-refractivity contribution is 5.39. The van der Waals surface area contributed by atoms with Crippen LogP contribution in [0, 0.1) is 11.8 Å². The third-order valence-electron chi connectivity index (χ3n) is 3.17. The number of rotatable bonds is 6. The smallest absolute Gasteiger partial charge is 0.224 e. The molecule has 2 fully saturated rings. The average Bonchev–Trinajstić information content (AvgIpc) is 3.17. The maximum atomic E-state index is 4.44. The van der Waals surface area contributed by atoms with E-state index in [1.807, 2.05) is 12.3 Å². The molecular formula is C12H18N4. The lowest BCUT2D eigenvalue weighted by atomic mass is 10.4. The number of hydrogen-bond donors (Lipinski definition) is 2. The second-order valence-corrected chi connectivity index (χ2v) is 4.91. The lowest BCUT2D eigenvalue weighted by Gasteiger charge is -2.07. The van der Waals surface area contributed by atoms with Gasteiger partial charge in [0, 0.05) is 19.3 Å². The van der Waals surface area contributed by atoms with Crippen LogP contribution in [-0.2, 0) is 0 Å². The number of nitrogens with one attached hydrogen (secondary N) is 2. The fourth-order valence-corrected chi connectivity index (χ4v) is 1.67. The van der Waals surface area contributed by atoms with Gasteiger partial charge >= 0.3 is 0 Å². The molecule has 86 valence electrons. The van der Waals surface area contributed by atoms with Gasteiger partial charge in [-0.15, -0.1) is 0 Å². The Labute approximate surface area is 95.9 Å². The first-order chi connectivity index (χ1) is 7.90. The SMILES string of the molecule is c1cc(NCC2CC2)nc(NCC2CC2)n1. The van der Waals surface area contributed by atoms with Gasteiger partial charge in [-0.3, -0.25) is 0 Å². The molecule has 2 aliphatic carbocycles. The van der Waals surface area contributed by atoms with Gasteiger partial charge in [-0.25, -0.2) is 4.98 Å². The molecule has 1 aromatic rings. The first-order valence-corrected chi connectivity index (χ1v) is 6.21. The summed E-state index contributed by atoms with van der Waals surface area (Å²) in [6.07, 6.45) is 7.26. The molecule has 3 rings (SSSR count). The first-order valence-electron chi connectivity index (χ1n) is 6.21. The fourth-order valence-electron chi connectivity index (χ4n) is 1.67. The first kappa shape index (κ1) is 9.87. The minimum atomic E-state index is 0.757. The van der Waals surface area contributed by atoms with Crippen molar-refractivity contribution in [1.29, 1.82) is 0 Å². The molecule has 0 bridgehead atoms. The Morgan fingerprint density at radius 2 is 1.75 bits per heavy atom. The molecule has 0 saturated heterocycles. The molecule has 0 unspecified atom stereocenters. The molecule has 0 atom stereocenters. The standard InChI is InChI=1S/C12H18N4/c1-2-9(1)7-14-11-5-6-13-12(16-11)15-8-10-3-4-10/h5-6,9-10H,1-4,7-8H2,(H2,13,14,15,16). The van der Waals surface area contributed by atoms with E-state index < -0.39 is 0 Å². The van der Waals surface area contributed by atoms with Gasteiger partial charge in [-0.05, 0) is 43.6 Å². The predicted octanol–water partition coefficient (Wildman–Crippen LogP) is 2.12. The van der Waals surface area contributed by atoms with Gasteiger partial charge in [0.05, 0.1) is 0 Å². The summed E-state index contributed by atoms with van der Waals surface area (Å²) in [5, 5.41) is 6.65. The van der Waals surface area contributed by atoms with E-state index in [0.29, 0.717) is 0 Å². The highest BCUT2D eigenvalue weighted by atomic mass is 15.1. The predicted molar refractivity (Wildman–Crippen MR) is 64.5 cm³/mol. The minimum absolute atomic E-state index is 0.757. The van der Waals surface area contributed by atoms with E-state index in [9.17, 15) is 0 Å². The van der Waals surface area contributed by atoms with Crippen molar-refractivity contribution in [3.05, 3.63) is 12.3 Å². The molecule has 16 heavy (non-hydrogen) atoms. The number of anilines is 2. The maximum Gasteiger partial charge on any atom is 0.224 e. The van der Waals surface area contributed by atoms with Crippen molar-refractivity contribution in [2.24, 2.45) is 11.8 Å². The van der Waals surface area contributed by atoms with Crippen LogP contribution in [0.25, 0.3) is 0 Å². The van der Waals surface area contributed by atoms with Crippen molar-refractivity contribution in [1.82, 2.24) is 9.97 Å². The van der Waals surface area contributed by atoms with Crippen LogP contribution in [-0.4, -0.2) is 23.1 Å². The van der Waals surface area contributed by atoms with E-state index >= 15 is 0 Å². The molecule has 1 heterocycles. The highest BCUT2D eigenvalue weighted by Gasteiger charge is 2.21. The summed E-state index contributed by atoms with van der Waals surface area (Å²) in [5.41, 5.74) is 0. The molecule has 2 N–H and O–H groups in total. The van der Waals surface area contributed by atoms with Crippen molar-refractivity contribution < 1.29 is 0 Å². The van der Waals surface area contributed by atoms with E-state index in [4.69, 9.17) is 0 Å². The number of nitrogens with zero attached hydrogens (tertiary/aromatic N) is 2. The second kappa shape index (κ2) is 4.28. The second-order valence-electron chi connectivity index (χ2n) is 4.91. The van der Waals surface area contributed by atoms with Crippen molar-refractivity contribution in [3.8, 4) is 0 Å². The van der Waals surface area contributed by atoms with Crippen LogP contribution in [0.3, 0.4) is 0 Å². The Hall–Kier alpha value is -1.32. The zero-order chi connectivity index (χ0) is 10.8. The molecule has 0 aliphatic heterocycles. The average molecular weight is 218 g/mol. The molecule has 4 nitrogen and oxygen atoms in total. The molecule has 0 amide bonds. The van der Waals surface area contributed by atoms with Gasteiger partial charge < -0.3 is 10.6 Å². The Bertz CT molecular complexity index is 327. The molecule has 0 radical (unpaired) electrons. The van der Waals surface area contributed by atoms with Crippen molar-refractivity contribution in [2.45, 2.75) is 25.7 Å². The van der Waals surface area contributed by atoms with Gasteiger partial charge in [0.25, 0.3) is 0 Å². The van der Waals surface area contributed by atoms with Gasteiger partial charge in [-0.1, -0.05) is 0 Å². The van der Waals surface area contributed by atoms with Crippen molar-refractivity contribution in [3.63, 3.8) is 0 Å². The Morgan fingerprint density at radius 3 is 2.44 bits per heavy atom. The number of hydrogen-bond acceptors (Lipinski definition) is 4. The van der Waals surface area contributed by atoms with E-state index in [0.717, 1.165) is 36.7 Å². The van der Waals surface area contributed by atoms with E-state index in [-0.39, 0.29) is 0 Å². The van der Waals surface area contributed by atoms with Crippen LogP contribution in [0.4, 0.5) is 11.8 Å². The maximum absolute atomic E-state index is 4.44. The van der Waals surface area contributed by atoms with Crippen LogP contribution < -0.4 is 10.6 Å². The summed E-state index contributed by atoms with van der Waals surface area (Å²) >= 11 is 0. The molecular weight excluding hydrogens is 200 g/mol. The summed E-state index contributed by atoms with van der Waals surface area (Å²) in [5.74, 6) is 3.43. The molecule has 4 heteroatoms. The van der Waals surface area contributed by atoms with Crippen LogP contribution in [0.15, 0.2) is 12.3 Å². The van der Waals surface area contributed by atoms with E-state index in [1.54, 1.807) is 0 Å². The van der Waals surface area contributed by atoms with Crippen molar-refractivity contribution >= 4 is 11.8 Å². The fraction of sp³-hybridized carbons (Fsp3) is 0.667. The zero-order valence-corrected chi connectivity index (χ0v) is 9.45. The van der Waals surface area contributed by atoms with Gasteiger partial charge in [0.1, 0.15) is 5.82 Å². The molecule has 2 saturated carbocycles. The Balaban J connectivity index is 1.52. The van der Waals surface area contributed by atoms with Crippen LogP contribution >= 0.6 is 0 Å². The largest absolute Gasteiger partial charge is 0.370 e. The van der Waals surface area contributed by atoms with Gasteiger partial charge in [-0.2, -0.15) is 4.98 Å². The summed E-state index contributed by atoms with van der Waals surface area (Å²) in [6.45, 7) is 2.07. The lowest BCUT2D eigenvalue weighted by Crippen LogP contribution is -2.10.